The van der Waals surface area contributed by atoms with Crippen LogP contribution in [0.25, 0.3) is 0 Å². The van der Waals surface area contributed by atoms with Crippen LogP contribution in [0, 0.1) is 11.3 Å². The Balaban J connectivity index is 1.76. The first-order valence-corrected chi connectivity index (χ1v) is 5.15. The molecule has 74 valence electrons. The van der Waals surface area contributed by atoms with E-state index in [1.165, 1.54) is 19.3 Å². The quantitative estimate of drug-likeness (QED) is 0.692. The van der Waals surface area contributed by atoms with Crippen LogP contribution in [0.1, 0.15) is 32.1 Å². The summed E-state index contributed by atoms with van der Waals surface area (Å²) in [6.07, 6.45) is 5.06. The number of rotatable bonds is 3. The maximum absolute atomic E-state index is 10.4. The van der Waals surface area contributed by atoms with Gasteiger partial charge >= 0.3 is 5.97 Å². The second-order valence-electron chi connectivity index (χ2n) is 4.45. The predicted molar refractivity (Wildman–Crippen MR) is 49.5 cm³/mol. The fourth-order valence-corrected chi connectivity index (χ4v) is 2.67. The fraction of sp³-hybridized carbons (Fsp3) is 0.900. The van der Waals surface area contributed by atoms with Gasteiger partial charge in [-0.2, -0.15) is 0 Å². The highest BCUT2D eigenvalue weighted by atomic mass is 16.4. The normalized spacial score (nSPS) is 30.3. The van der Waals surface area contributed by atoms with Gasteiger partial charge in [-0.25, -0.2) is 0 Å². The van der Waals surface area contributed by atoms with E-state index in [2.05, 4.69) is 5.32 Å². The van der Waals surface area contributed by atoms with Crippen molar-refractivity contribution >= 4 is 5.97 Å². The molecule has 1 saturated heterocycles. The number of nitrogens with one attached hydrogen (secondary N) is 1. The molecule has 1 atom stereocenters. The molecule has 1 saturated carbocycles. The molecule has 3 heteroatoms. The van der Waals surface area contributed by atoms with Gasteiger partial charge < -0.3 is 10.4 Å². The van der Waals surface area contributed by atoms with Crippen molar-refractivity contribution in [1.82, 2.24) is 5.32 Å². The second-order valence-corrected chi connectivity index (χ2v) is 4.45. The van der Waals surface area contributed by atoms with Gasteiger partial charge in [-0.15, -0.1) is 0 Å². The molecule has 0 bridgehead atoms. The monoisotopic (exact) mass is 183 g/mol. The lowest BCUT2D eigenvalue weighted by Gasteiger charge is -2.23. The number of hydrogen-bond donors (Lipinski definition) is 2. The van der Waals surface area contributed by atoms with E-state index < -0.39 is 5.97 Å². The van der Waals surface area contributed by atoms with Crippen molar-refractivity contribution in [3.8, 4) is 0 Å². The molecule has 1 aliphatic carbocycles. The van der Waals surface area contributed by atoms with E-state index in [1.807, 2.05) is 0 Å². The summed E-state index contributed by atoms with van der Waals surface area (Å²) in [5, 5.41) is 11.9. The van der Waals surface area contributed by atoms with Crippen LogP contribution in [0.2, 0.25) is 0 Å². The Hall–Kier alpha value is -0.570. The van der Waals surface area contributed by atoms with Crippen LogP contribution in [0.15, 0.2) is 0 Å². The molecule has 2 rings (SSSR count). The Labute approximate surface area is 78.5 Å². The van der Waals surface area contributed by atoms with E-state index in [0.717, 1.165) is 19.5 Å². The molecule has 13 heavy (non-hydrogen) atoms. The molecule has 1 unspecified atom stereocenters. The number of aliphatic carboxylic acids is 1. The van der Waals surface area contributed by atoms with E-state index in [1.54, 1.807) is 0 Å². The molecule has 3 nitrogen and oxygen atoms in total. The van der Waals surface area contributed by atoms with Gasteiger partial charge in [-0.1, -0.05) is 0 Å². The topological polar surface area (TPSA) is 49.3 Å². The third-order valence-corrected chi connectivity index (χ3v) is 3.66. The zero-order chi connectivity index (χ0) is 9.31. The van der Waals surface area contributed by atoms with Crippen molar-refractivity contribution in [3.63, 3.8) is 0 Å². The number of hydrogen-bond acceptors (Lipinski definition) is 2. The Kier molecular flexibility index (Phi) is 2.28. The van der Waals surface area contributed by atoms with Gasteiger partial charge in [-0.05, 0) is 50.1 Å². The molecule has 0 aromatic heterocycles. The Morgan fingerprint density at radius 1 is 1.46 bits per heavy atom. The predicted octanol–water partition coefficient (Wildman–Crippen LogP) is 1.24. The van der Waals surface area contributed by atoms with Crippen molar-refractivity contribution in [1.29, 1.82) is 0 Å². The summed E-state index contributed by atoms with van der Waals surface area (Å²) in [5.74, 6) is 0.0710. The first kappa shape index (κ1) is 9.00. The molecule has 2 N–H and O–H groups in total. The molecule has 2 fully saturated rings. The highest BCUT2D eigenvalue weighted by Gasteiger charge is 2.52. The van der Waals surface area contributed by atoms with Crippen LogP contribution in [0.3, 0.4) is 0 Å². The minimum Gasteiger partial charge on any atom is -0.481 e. The van der Waals surface area contributed by atoms with Crippen molar-refractivity contribution in [3.05, 3.63) is 0 Å². The third-order valence-electron chi connectivity index (χ3n) is 3.66. The van der Waals surface area contributed by atoms with Crippen LogP contribution in [0.4, 0.5) is 0 Å². The van der Waals surface area contributed by atoms with Gasteiger partial charge in [0.2, 0.25) is 0 Å². The van der Waals surface area contributed by atoms with Gasteiger partial charge in [-0.3, -0.25) is 4.79 Å². The van der Waals surface area contributed by atoms with Crippen LogP contribution in [-0.2, 0) is 4.79 Å². The van der Waals surface area contributed by atoms with Crippen molar-refractivity contribution in [2.24, 2.45) is 11.3 Å². The minimum absolute atomic E-state index is 0.361. The number of carbonyl (C=O) groups is 1. The van der Waals surface area contributed by atoms with Gasteiger partial charge in [0.25, 0.3) is 0 Å². The van der Waals surface area contributed by atoms with E-state index in [9.17, 15) is 4.79 Å². The Morgan fingerprint density at radius 2 is 2.15 bits per heavy atom. The Bertz CT molecular complexity index is 209. The summed E-state index contributed by atoms with van der Waals surface area (Å²) >= 11 is 0. The first-order valence-electron chi connectivity index (χ1n) is 5.15. The standard InChI is InChI=1S/C10H17NO2/c12-9(13)2-1-8-7-10(8)3-5-11-6-4-10/h8,11H,1-7H2,(H,12,13). The van der Waals surface area contributed by atoms with Crippen molar-refractivity contribution < 1.29 is 9.90 Å². The molecule has 0 radical (unpaired) electrons. The average Bonchev–Trinajstić information content (AvgIpc) is 2.77. The zero-order valence-electron chi connectivity index (χ0n) is 7.88. The van der Waals surface area contributed by atoms with E-state index in [4.69, 9.17) is 5.11 Å². The van der Waals surface area contributed by atoms with Gasteiger partial charge in [0.15, 0.2) is 0 Å². The van der Waals surface area contributed by atoms with Crippen LogP contribution < -0.4 is 5.32 Å². The van der Waals surface area contributed by atoms with Crippen LogP contribution in [0.5, 0.6) is 0 Å². The molecule has 1 aliphatic heterocycles. The summed E-state index contributed by atoms with van der Waals surface area (Å²) in [5.41, 5.74) is 0.556. The maximum Gasteiger partial charge on any atom is 0.303 e. The lowest BCUT2D eigenvalue weighted by atomic mass is 9.91. The summed E-state index contributed by atoms with van der Waals surface area (Å²) in [7, 11) is 0. The zero-order valence-corrected chi connectivity index (χ0v) is 7.88. The van der Waals surface area contributed by atoms with Gasteiger partial charge in [0.1, 0.15) is 0 Å². The van der Waals surface area contributed by atoms with Crippen LogP contribution in [-0.4, -0.2) is 24.2 Å². The number of carboxylic acids is 1. The molecular weight excluding hydrogens is 166 g/mol. The highest BCUT2D eigenvalue weighted by molar-refractivity contribution is 5.66. The van der Waals surface area contributed by atoms with Crippen molar-refractivity contribution in [2.75, 3.05) is 13.1 Å². The average molecular weight is 183 g/mol. The molecule has 1 spiro atoms. The van der Waals surface area contributed by atoms with E-state index in [-0.39, 0.29) is 0 Å². The molecule has 0 aromatic carbocycles. The second kappa shape index (κ2) is 3.29. The molecule has 0 aromatic rings. The molecule has 0 amide bonds. The largest absolute Gasteiger partial charge is 0.481 e. The lowest BCUT2D eigenvalue weighted by molar-refractivity contribution is -0.137. The minimum atomic E-state index is -0.643. The number of carboxylic acid groups (broad SMARTS) is 1. The third kappa shape index (κ3) is 1.85. The maximum atomic E-state index is 10.4. The molecule has 2 aliphatic rings. The summed E-state index contributed by atoms with van der Waals surface area (Å²) in [6, 6.07) is 0. The number of piperidine rings is 1. The SMILES string of the molecule is O=C(O)CCC1CC12CCNCC2. The molecular formula is C10H17NO2. The lowest BCUT2D eigenvalue weighted by Crippen LogP contribution is -2.29. The van der Waals surface area contributed by atoms with Crippen LogP contribution >= 0.6 is 0 Å². The van der Waals surface area contributed by atoms with Crippen molar-refractivity contribution in [2.45, 2.75) is 32.1 Å². The highest BCUT2D eigenvalue weighted by Crippen LogP contribution is 2.60. The van der Waals surface area contributed by atoms with E-state index >= 15 is 0 Å². The summed E-state index contributed by atoms with van der Waals surface area (Å²) in [6.45, 7) is 2.26. The van der Waals surface area contributed by atoms with E-state index in [0.29, 0.717) is 17.8 Å². The first-order chi connectivity index (χ1) is 6.23. The summed E-state index contributed by atoms with van der Waals surface area (Å²) in [4.78, 5) is 10.4. The summed E-state index contributed by atoms with van der Waals surface area (Å²) < 4.78 is 0. The van der Waals surface area contributed by atoms with Gasteiger partial charge in [0.05, 0.1) is 0 Å². The Morgan fingerprint density at radius 3 is 2.77 bits per heavy atom. The van der Waals surface area contributed by atoms with Gasteiger partial charge in [0, 0.05) is 6.42 Å². The molecule has 1 heterocycles. The smallest absolute Gasteiger partial charge is 0.303 e. The fourth-order valence-electron chi connectivity index (χ4n) is 2.67.